The highest BCUT2D eigenvalue weighted by Crippen LogP contribution is 2.35. The average molecular weight is 267 g/mol. The van der Waals surface area contributed by atoms with Gasteiger partial charge in [0.2, 0.25) is 0 Å². The minimum atomic E-state index is -0.567. The van der Waals surface area contributed by atoms with Gasteiger partial charge in [-0.2, -0.15) is 0 Å². The quantitative estimate of drug-likeness (QED) is 0.742. The van der Waals surface area contributed by atoms with Gasteiger partial charge in [-0.1, -0.05) is 33.6 Å². The molecule has 2 aliphatic rings. The van der Waals surface area contributed by atoms with E-state index in [1.165, 1.54) is 4.90 Å². The molecule has 1 unspecified atom stereocenters. The van der Waals surface area contributed by atoms with Crippen molar-refractivity contribution in [3.8, 4) is 0 Å². The van der Waals surface area contributed by atoms with E-state index in [1.54, 1.807) is 0 Å². The first-order valence-electron chi connectivity index (χ1n) is 7.32. The molecule has 2 fully saturated rings. The van der Waals surface area contributed by atoms with E-state index in [0.29, 0.717) is 12.6 Å². The molecule has 0 radical (unpaired) electrons. The Kier molecular flexibility index (Phi) is 4.13. The van der Waals surface area contributed by atoms with Crippen LogP contribution in [0.2, 0.25) is 0 Å². The van der Waals surface area contributed by atoms with Gasteiger partial charge in [0.1, 0.15) is 5.54 Å². The molecule has 5 heteroatoms. The number of nitrogens with one attached hydrogen (secondary N) is 2. The van der Waals surface area contributed by atoms with E-state index in [0.717, 1.165) is 32.2 Å². The van der Waals surface area contributed by atoms with Crippen LogP contribution in [0.5, 0.6) is 0 Å². The summed E-state index contributed by atoms with van der Waals surface area (Å²) in [5.74, 6) is 0.264. The van der Waals surface area contributed by atoms with Crippen molar-refractivity contribution in [2.45, 2.75) is 58.0 Å². The second-order valence-electron chi connectivity index (χ2n) is 6.30. The van der Waals surface area contributed by atoms with Gasteiger partial charge in [-0.05, 0) is 25.3 Å². The van der Waals surface area contributed by atoms with E-state index < -0.39 is 5.54 Å². The first-order valence-corrected chi connectivity index (χ1v) is 7.32. The fourth-order valence-corrected chi connectivity index (χ4v) is 2.97. The first-order chi connectivity index (χ1) is 8.94. The highest BCUT2D eigenvalue weighted by atomic mass is 16.2. The minimum Gasteiger partial charge on any atom is -0.323 e. The molecule has 1 spiro atoms. The van der Waals surface area contributed by atoms with E-state index in [-0.39, 0.29) is 17.9 Å². The molecule has 0 bridgehead atoms. The van der Waals surface area contributed by atoms with Crippen molar-refractivity contribution in [1.82, 2.24) is 15.5 Å². The number of hydrogen-bond acceptors (Lipinski definition) is 3. The highest BCUT2D eigenvalue weighted by molar-refractivity contribution is 6.07. The van der Waals surface area contributed by atoms with Crippen LogP contribution in [0.25, 0.3) is 0 Å². The monoisotopic (exact) mass is 267 g/mol. The number of imide groups is 1. The van der Waals surface area contributed by atoms with Crippen molar-refractivity contribution in [3.05, 3.63) is 0 Å². The summed E-state index contributed by atoms with van der Waals surface area (Å²) in [6, 6.07) is 0.218. The summed E-state index contributed by atoms with van der Waals surface area (Å²) in [4.78, 5) is 25.8. The normalized spacial score (nSPS) is 23.5. The second kappa shape index (κ2) is 5.49. The van der Waals surface area contributed by atoms with Crippen LogP contribution in [0.4, 0.5) is 4.79 Å². The Balaban J connectivity index is 1.93. The molecule has 5 nitrogen and oxygen atoms in total. The Bertz CT molecular complexity index is 362. The summed E-state index contributed by atoms with van der Waals surface area (Å²) in [5.41, 5.74) is -0.567. The Morgan fingerprint density at radius 2 is 1.89 bits per heavy atom. The molecule has 1 saturated carbocycles. The zero-order valence-electron chi connectivity index (χ0n) is 12.2. The predicted octanol–water partition coefficient (Wildman–Crippen LogP) is 1.49. The van der Waals surface area contributed by atoms with E-state index in [1.807, 2.05) is 0 Å². The van der Waals surface area contributed by atoms with Crippen LogP contribution >= 0.6 is 0 Å². The molecule has 2 rings (SSSR count). The van der Waals surface area contributed by atoms with Crippen LogP contribution in [0.15, 0.2) is 0 Å². The summed E-state index contributed by atoms with van der Waals surface area (Å²) in [6.45, 7) is 7.57. The van der Waals surface area contributed by atoms with Crippen LogP contribution < -0.4 is 10.6 Å². The number of nitrogens with zero attached hydrogens (tertiary/aromatic N) is 1. The molecular weight excluding hydrogens is 242 g/mol. The lowest BCUT2D eigenvalue weighted by Gasteiger charge is -2.22. The van der Waals surface area contributed by atoms with Crippen molar-refractivity contribution >= 4 is 11.9 Å². The molecule has 0 aromatic carbocycles. The third kappa shape index (κ3) is 2.91. The second-order valence-corrected chi connectivity index (χ2v) is 6.30. The van der Waals surface area contributed by atoms with Crippen LogP contribution in [0.1, 0.15) is 46.5 Å². The Labute approximate surface area is 115 Å². The van der Waals surface area contributed by atoms with E-state index in [2.05, 4.69) is 31.4 Å². The third-order valence-corrected chi connectivity index (χ3v) is 4.07. The lowest BCUT2D eigenvalue weighted by molar-refractivity contribution is -0.131. The van der Waals surface area contributed by atoms with Crippen molar-refractivity contribution in [1.29, 1.82) is 0 Å². The van der Waals surface area contributed by atoms with Gasteiger partial charge < -0.3 is 10.6 Å². The standard InChI is InChI=1S/C14H25N3O2/c1-10(2)15-8-11(3)9-17-12(18)14(16-13(17)19)6-4-5-7-14/h10-11,15H,4-9H2,1-3H3,(H,16,19). The minimum absolute atomic E-state index is 0.00797. The smallest absolute Gasteiger partial charge is 0.323 e. The highest BCUT2D eigenvalue weighted by Gasteiger charge is 2.52. The maximum absolute atomic E-state index is 12.4. The van der Waals surface area contributed by atoms with Gasteiger partial charge in [0.25, 0.3) is 5.91 Å². The molecule has 1 saturated heterocycles. The summed E-state index contributed by atoms with van der Waals surface area (Å²) >= 11 is 0. The molecule has 1 aliphatic heterocycles. The Hall–Kier alpha value is -1.10. The summed E-state index contributed by atoms with van der Waals surface area (Å²) in [5, 5.41) is 6.26. The van der Waals surface area contributed by atoms with Gasteiger partial charge >= 0.3 is 6.03 Å². The lowest BCUT2D eigenvalue weighted by atomic mass is 9.98. The van der Waals surface area contributed by atoms with Gasteiger partial charge in [-0.25, -0.2) is 4.79 Å². The molecule has 0 aromatic rings. The average Bonchev–Trinajstić information content (AvgIpc) is 2.89. The SMILES string of the molecule is CC(CNC(C)C)CN1C(=O)NC2(CCCC2)C1=O. The number of carbonyl (C=O) groups excluding carboxylic acids is 2. The van der Waals surface area contributed by atoms with Gasteiger partial charge in [0, 0.05) is 12.6 Å². The van der Waals surface area contributed by atoms with Gasteiger partial charge in [-0.3, -0.25) is 9.69 Å². The molecule has 1 aliphatic carbocycles. The summed E-state index contributed by atoms with van der Waals surface area (Å²) in [6.07, 6.45) is 3.66. The molecule has 1 heterocycles. The number of amides is 3. The Morgan fingerprint density at radius 3 is 2.47 bits per heavy atom. The van der Waals surface area contributed by atoms with Gasteiger partial charge in [0.05, 0.1) is 0 Å². The molecule has 0 aromatic heterocycles. The van der Waals surface area contributed by atoms with Crippen molar-refractivity contribution < 1.29 is 9.59 Å². The van der Waals surface area contributed by atoms with Crippen molar-refractivity contribution in [3.63, 3.8) is 0 Å². The zero-order valence-corrected chi connectivity index (χ0v) is 12.2. The molecule has 1 atom stereocenters. The first kappa shape index (κ1) is 14.3. The van der Waals surface area contributed by atoms with Gasteiger partial charge in [-0.15, -0.1) is 0 Å². The van der Waals surface area contributed by atoms with E-state index in [4.69, 9.17) is 0 Å². The van der Waals surface area contributed by atoms with Gasteiger partial charge in [0.15, 0.2) is 0 Å². The molecule has 2 N–H and O–H groups in total. The number of rotatable bonds is 5. The zero-order chi connectivity index (χ0) is 14.0. The van der Waals surface area contributed by atoms with E-state index >= 15 is 0 Å². The number of carbonyl (C=O) groups is 2. The summed E-state index contributed by atoms with van der Waals surface area (Å²) < 4.78 is 0. The number of hydrogen-bond donors (Lipinski definition) is 2. The lowest BCUT2D eigenvalue weighted by Crippen LogP contribution is -2.44. The van der Waals surface area contributed by atoms with Crippen LogP contribution in [0.3, 0.4) is 0 Å². The van der Waals surface area contributed by atoms with Crippen molar-refractivity contribution in [2.24, 2.45) is 5.92 Å². The predicted molar refractivity (Wildman–Crippen MR) is 73.7 cm³/mol. The van der Waals surface area contributed by atoms with Crippen LogP contribution in [-0.4, -0.2) is 41.5 Å². The van der Waals surface area contributed by atoms with Crippen LogP contribution in [-0.2, 0) is 4.79 Å². The topological polar surface area (TPSA) is 61.4 Å². The fraction of sp³-hybridized carbons (Fsp3) is 0.857. The molecule has 108 valence electrons. The molecular formula is C14H25N3O2. The summed E-state index contributed by atoms with van der Waals surface area (Å²) in [7, 11) is 0. The Morgan fingerprint density at radius 1 is 1.26 bits per heavy atom. The maximum Gasteiger partial charge on any atom is 0.325 e. The third-order valence-electron chi connectivity index (χ3n) is 4.07. The van der Waals surface area contributed by atoms with Crippen molar-refractivity contribution in [2.75, 3.05) is 13.1 Å². The molecule has 19 heavy (non-hydrogen) atoms. The largest absolute Gasteiger partial charge is 0.325 e. The fourth-order valence-electron chi connectivity index (χ4n) is 2.97. The van der Waals surface area contributed by atoms with Crippen LogP contribution in [0, 0.1) is 5.92 Å². The number of urea groups is 1. The molecule has 3 amide bonds. The maximum atomic E-state index is 12.4. The van der Waals surface area contributed by atoms with E-state index in [9.17, 15) is 9.59 Å².